The van der Waals surface area contributed by atoms with Crippen LogP contribution in [0.15, 0.2) is 24.3 Å². The third-order valence-corrected chi connectivity index (χ3v) is 4.32. The predicted molar refractivity (Wildman–Crippen MR) is 102 cm³/mol. The largest absolute Gasteiger partial charge is 1.00 e. The molecule has 0 atom stereocenters. The maximum Gasteiger partial charge on any atom is 0.244 e. The average molecular weight is 436 g/mol. The standard InChI is InChI=1S/C21H29N2.HI/c1-14-9-16(3)20(17(4)10-14)22(7)13-23(8)21-18(5)11-15(2)12-19(21)6;/h9-13H,1-8H3;1H/q+1;/p-1. The second-order valence-corrected chi connectivity index (χ2v) is 6.83. The van der Waals surface area contributed by atoms with E-state index in [-0.39, 0.29) is 24.0 Å². The molecular formula is C21H29IN2. The summed E-state index contributed by atoms with van der Waals surface area (Å²) in [6, 6.07) is 8.98. The van der Waals surface area contributed by atoms with E-state index in [1.807, 2.05) is 0 Å². The number of benzene rings is 2. The van der Waals surface area contributed by atoms with Gasteiger partial charge >= 0.3 is 0 Å². The van der Waals surface area contributed by atoms with Crippen molar-refractivity contribution in [1.29, 1.82) is 0 Å². The van der Waals surface area contributed by atoms with E-state index in [9.17, 15) is 0 Å². The quantitative estimate of drug-likeness (QED) is 0.309. The summed E-state index contributed by atoms with van der Waals surface area (Å²) in [4.78, 5) is 2.23. The SMILES string of the molecule is Cc1cc(C)c(N(C)C=[N+](C)c2c(C)cc(C)cc2C)c(C)c1.[I-]. The summed E-state index contributed by atoms with van der Waals surface area (Å²) in [7, 11) is 4.25. The topological polar surface area (TPSA) is 6.25 Å². The van der Waals surface area contributed by atoms with Crippen molar-refractivity contribution in [3.05, 3.63) is 57.6 Å². The first kappa shape index (κ1) is 20.7. The lowest BCUT2D eigenvalue weighted by Crippen LogP contribution is -3.00. The molecule has 2 aromatic rings. The van der Waals surface area contributed by atoms with Crippen LogP contribution in [0.2, 0.25) is 0 Å². The van der Waals surface area contributed by atoms with Gasteiger partial charge in [0, 0.05) is 0 Å². The summed E-state index contributed by atoms with van der Waals surface area (Å²) in [6.45, 7) is 13.0. The Labute approximate surface area is 164 Å². The van der Waals surface area contributed by atoms with E-state index in [0.717, 1.165) is 0 Å². The number of halogens is 1. The third kappa shape index (κ3) is 4.38. The second-order valence-electron chi connectivity index (χ2n) is 6.83. The Balaban J connectivity index is 0.00000288. The summed E-state index contributed by atoms with van der Waals surface area (Å²) < 4.78 is 2.23. The molecule has 24 heavy (non-hydrogen) atoms. The minimum Gasteiger partial charge on any atom is -1.00 e. The number of hydrogen-bond acceptors (Lipinski definition) is 0. The van der Waals surface area contributed by atoms with Gasteiger partial charge in [-0.1, -0.05) is 35.4 Å². The normalized spacial score (nSPS) is 11.2. The minimum atomic E-state index is 0. The highest BCUT2D eigenvalue weighted by Gasteiger charge is 2.15. The summed E-state index contributed by atoms with van der Waals surface area (Å²) in [5, 5.41) is 0. The van der Waals surface area contributed by atoms with Crippen molar-refractivity contribution in [2.45, 2.75) is 41.5 Å². The monoisotopic (exact) mass is 436 g/mol. The van der Waals surface area contributed by atoms with Gasteiger partial charge < -0.3 is 24.0 Å². The van der Waals surface area contributed by atoms with Crippen molar-refractivity contribution < 1.29 is 28.6 Å². The minimum absolute atomic E-state index is 0. The van der Waals surface area contributed by atoms with Crippen LogP contribution in [-0.2, 0) is 0 Å². The zero-order valence-electron chi connectivity index (χ0n) is 16.2. The molecule has 0 aliphatic heterocycles. The molecule has 0 spiro atoms. The molecule has 0 radical (unpaired) electrons. The van der Waals surface area contributed by atoms with Crippen LogP contribution in [0.4, 0.5) is 11.4 Å². The van der Waals surface area contributed by atoms with Crippen LogP contribution in [0.5, 0.6) is 0 Å². The van der Waals surface area contributed by atoms with Gasteiger partial charge in [0.25, 0.3) is 0 Å². The molecule has 0 aromatic heterocycles. The van der Waals surface area contributed by atoms with Crippen LogP contribution in [0, 0.1) is 41.5 Å². The molecule has 0 N–H and O–H groups in total. The van der Waals surface area contributed by atoms with E-state index in [2.05, 4.69) is 95.7 Å². The Morgan fingerprint density at radius 1 is 0.750 bits per heavy atom. The molecule has 0 bridgehead atoms. The van der Waals surface area contributed by atoms with E-state index in [0.29, 0.717) is 0 Å². The van der Waals surface area contributed by atoms with Crippen LogP contribution in [-0.4, -0.2) is 25.0 Å². The molecule has 0 heterocycles. The maximum atomic E-state index is 2.25. The fourth-order valence-electron chi connectivity index (χ4n) is 3.83. The Hall–Kier alpha value is -1.36. The summed E-state index contributed by atoms with van der Waals surface area (Å²) in [6.07, 6.45) is 2.18. The van der Waals surface area contributed by atoms with Gasteiger partial charge in [0.2, 0.25) is 6.34 Å². The number of anilines is 1. The number of hydrogen-bond donors (Lipinski definition) is 0. The van der Waals surface area contributed by atoms with Crippen molar-refractivity contribution in [1.82, 2.24) is 0 Å². The van der Waals surface area contributed by atoms with Gasteiger partial charge in [-0.3, -0.25) is 0 Å². The highest BCUT2D eigenvalue weighted by atomic mass is 127. The third-order valence-electron chi connectivity index (χ3n) is 4.32. The van der Waals surface area contributed by atoms with Gasteiger partial charge in [-0.2, -0.15) is 0 Å². The lowest BCUT2D eigenvalue weighted by molar-refractivity contribution is -0.401. The fraction of sp³-hybridized carbons (Fsp3) is 0.381. The highest BCUT2D eigenvalue weighted by molar-refractivity contribution is 5.80. The van der Waals surface area contributed by atoms with Crippen molar-refractivity contribution in [3.63, 3.8) is 0 Å². The molecule has 2 aromatic carbocycles. The molecule has 0 amide bonds. The Morgan fingerprint density at radius 2 is 1.12 bits per heavy atom. The molecule has 2 rings (SSSR count). The van der Waals surface area contributed by atoms with E-state index in [4.69, 9.17) is 0 Å². The molecule has 0 aliphatic rings. The number of aryl methyl sites for hydroxylation is 6. The van der Waals surface area contributed by atoms with Crippen LogP contribution in [0.1, 0.15) is 33.4 Å². The van der Waals surface area contributed by atoms with E-state index in [1.54, 1.807) is 0 Å². The molecule has 0 aliphatic carbocycles. The first-order chi connectivity index (χ1) is 10.7. The van der Waals surface area contributed by atoms with Crippen molar-refractivity contribution in [2.75, 3.05) is 19.0 Å². The number of nitrogens with zero attached hydrogens (tertiary/aromatic N) is 2. The molecule has 0 saturated heterocycles. The van der Waals surface area contributed by atoms with Gasteiger partial charge in [0.1, 0.15) is 11.4 Å². The first-order valence-corrected chi connectivity index (χ1v) is 8.17. The lowest BCUT2D eigenvalue weighted by Gasteiger charge is -2.16. The smallest absolute Gasteiger partial charge is 0.244 e. The average Bonchev–Trinajstić information content (AvgIpc) is 2.35. The van der Waals surface area contributed by atoms with Gasteiger partial charge in [-0.05, 0) is 63.8 Å². The zero-order valence-corrected chi connectivity index (χ0v) is 18.3. The predicted octanol–water partition coefficient (Wildman–Crippen LogP) is 1.98. The van der Waals surface area contributed by atoms with E-state index in [1.165, 1.54) is 44.8 Å². The van der Waals surface area contributed by atoms with E-state index < -0.39 is 0 Å². The Bertz CT molecular complexity index is 729. The van der Waals surface area contributed by atoms with Crippen LogP contribution >= 0.6 is 0 Å². The number of rotatable bonds is 3. The Kier molecular flexibility index (Phi) is 7.02. The van der Waals surface area contributed by atoms with Crippen LogP contribution < -0.4 is 28.9 Å². The first-order valence-electron chi connectivity index (χ1n) is 8.17. The summed E-state index contributed by atoms with van der Waals surface area (Å²) in [5.74, 6) is 0. The van der Waals surface area contributed by atoms with Crippen molar-refractivity contribution >= 4 is 17.7 Å². The van der Waals surface area contributed by atoms with E-state index >= 15 is 0 Å². The van der Waals surface area contributed by atoms with Gasteiger partial charge in [0.05, 0.1) is 14.1 Å². The fourth-order valence-corrected chi connectivity index (χ4v) is 3.83. The van der Waals surface area contributed by atoms with Gasteiger partial charge in [0.15, 0.2) is 0 Å². The lowest BCUT2D eigenvalue weighted by atomic mass is 10.0. The molecule has 2 nitrogen and oxygen atoms in total. The molecular weight excluding hydrogens is 407 g/mol. The van der Waals surface area contributed by atoms with Crippen molar-refractivity contribution in [2.24, 2.45) is 0 Å². The van der Waals surface area contributed by atoms with Crippen LogP contribution in [0.25, 0.3) is 0 Å². The molecule has 3 heteroatoms. The molecule has 0 saturated carbocycles. The summed E-state index contributed by atoms with van der Waals surface area (Å²) >= 11 is 0. The van der Waals surface area contributed by atoms with Gasteiger partial charge in [-0.15, -0.1) is 0 Å². The highest BCUT2D eigenvalue weighted by Crippen LogP contribution is 2.26. The maximum absolute atomic E-state index is 2.25. The molecule has 0 unspecified atom stereocenters. The summed E-state index contributed by atoms with van der Waals surface area (Å²) in [5.41, 5.74) is 10.4. The Morgan fingerprint density at radius 3 is 1.54 bits per heavy atom. The van der Waals surface area contributed by atoms with Crippen LogP contribution in [0.3, 0.4) is 0 Å². The second kappa shape index (κ2) is 8.15. The zero-order chi connectivity index (χ0) is 17.3. The molecule has 0 fully saturated rings. The van der Waals surface area contributed by atoms with Gasteiger partial charge in [-0.25, -0.2) is 9.48 Å². The molecule has 130 valence electrons. The van der Waals surface area contributed by atoms with Crippen molar-refractivity contribution in [3.8, 4) is 0 Å².